The minimum atomic E-state index is 0.248. The lowest BCUT2D eigenvalue weighted by Crippen LogP contribution is -2.50. The number of allylic oxidation sites excluding steroid dienone is 4. The number of hydrogen-bond acceptors (Lipinski definition) is 1. The summed E-state index contributed by atoms with van der Waals surface area (Å²) in [5, 5.41) is 0. The molecule has 0 aliphatic heterocycles. The largest absolute Gasteiger partial charge is 0.295 e. The number of rotatable bonds is 0. The fourth-order valence-electron chi connectivity index (χ4n) is 6.35. The van der Waals surface area contributed by atoms with Crippen molar-refractivity contribution in [2.24, 2.45) is 28.6 Å². The third-order valence-corrected chi connectivity index (χ3v) is 7.70. The van der Waals surface area contributed by atoms with Gasteiger partial charge in [0.25, 0.3) is 0 Å². The second-order valence-corrected chi connectivity index (χ2v) is 8.42. The third kappa shape index (κ3) is 1.70. The molecule has 0 bridgehead atoms. The molecule has 1 nitrogen and oxygen atoms in total. The minimum absolute atomic E-state index is 0.248. The van der Waals surface area contributed by atoms with Gasteiger partial charge in [0.15, 0.2) is 5.78 Å². The van der Waals surface area contributed by atoms with Crippen LogP contribution >= 0.6 is 0 Å². The van der Waals surface area contributed by atoms with Crippen LogP contribution in [0.15, 0.2) is 23.3 Å². The van der Waals surface area contributed by atoms with E-state index in [9.17, 15) is 4.79 Å². The fourth-order valence-corrected chi connectivity index (χ4v) is 6.35. The lowest BCUT2D eigenvalue weighted by molar-refractivity contribution is -0.117. The smallest absolute Gasteiger partial charge is 0.155 e. The van der Waals surface area contributed by atoms with Gasteiger partial charge in [-0.25, -0.2) is 0 Å². The van der Waals surface area contributed by atoms with Crippen LogP contribution in [0.2, 0.25) is 0 Å². The SMILES string of the molecule is C#CC1=CC[C@@H]2[C@@H]3CCC4=CC(=O)CC[C@]4(C)[C@@H]3CCC12C. The summed E-state index contributed by atoms with van der Waals surface area (Å²) in [7, 11) is 0. The Morgan fingerprint density at radius 3 is 2.73 bits per heavy atom. The van der Waals surface area contributed by atoms with E-state index in [1.54, 1.807) is 0 Å². The Hall–Kier alpha value is -1.29. The molecule has 22 heavy (non-hydrogen) atoms. The Labute approximate surface area is 134 Å². The second-order valence-electron chi connectivity index (χ2n) is 8.42. The van der Waals surface area contributed by atoms with Crippen molar-refractivity contribution in [1.29, 1.82) is 0 Å². The molecule has 0 radical (unpaired) electrons. The molecule has 0 aromatic carbocycles. The van der Waals surface area contributed by atoms with Crippen molar-refractivity contribution < 1.29 is 4.79 Å². The molecular weight excluding hydrogens is 268 g/mol. The van der Waals surface area contributed by atoms with Gasteiger partial charge in [-0.1, -0.05) is 31.4 Å². The maximum absolute atomic E-state index is 11.8. The predicted octanol–water partition coefficient (Wildman–Crippen LogP) is 4.69. The average Bonchev–Trinajstić information content (AvgIpc) is 2.84. The van der Waals surface area contributed by atoms with Gasteiger partial charge in [0.1, 0.15) is 0 Å². The Morgan fingerprint density at radius 1 is 1.14 bits per heavy atom. The number of carbonyl (C=O) groups excluding carboxylic acids is 1. The molecule has 0 saturated heterocycles. The maximum Gasteiger partial charge on any atom is 0.155 e. The Balaban J connectivity index is 1.69. The highest BCUT2D eigenvalue weighted by Gasteiger charge is 2.56. The number of ketones is 1. The first-order valence-corrected chi connectivity index (χ1v) is 8.90. The summed E-state index contributed by atoms with van der Waals surface area (Å²) >= 11 is 0. The van der Waals surface area contributed by atoms with Crippen LogP contribution in [0.1, 0.15) is 58.8 Å². The molecule has 116 valence electrons. The van der Waals surface area contributed by atoms with Crippen LogP contribution in [-0.2, 0) is 4.79 Å². The number of terminal acetylenes is 1. The lowest BCUT2D eigenvalue weighted by atomic mass is 9.47. The van der Waals surface area contributed by atoms with Crippen LogP contribution < -0.4 is 0 Å². The summed E-state index contributed by atoms with van der Waals surface area (Å²) < 4.78 is 0. The third-order valence-electron chi connectivity index (χ3n) is 7.70. The first-order valence-electron chi connectivity index (χ1n) is 8.90. The number of hydrogen-bond donors (Lipinski definition) is 0. The molecule has 0 N–H and O–H groups in total. The van der Waals surface area contributed by atoms with E-state index >= 15 is 0 Å². The summed E-state index contributed by atoms with van der Waals surface area (Å²) in [6, 6.07) is 0. The van der Waals surface area contributed by atoms with Crippen molar-refractivity contribution in [3.63, 3.8) is 0 Å². The molecule has 2 fully saturated rings. The summed E-state index contributed by atoms with van der Waals surface area (Å²) in [4.78, 5) is 11.8. The lowest BCUT2D eigenvalue weighted by Gasteiger charge is -2.57. The van der Waals surface area contributed by atoms with Crippen LogP contribution in [0.4, 0.5) is 0 Å². The molecule has 2 saturated carbocycles. The van der Waals surface area contributed by atoms with Gasteiger partial charge in [0.05, 0.1) is 0 Å². The standard InChI is InChI=1S/C21H26O/c1-4-14-6-8-18-17-7-5-15-13-16(22)9-11-21(15,3)19(17)10-12-20(14,18)2/h1,6,13,17-19H,5,7-12H2,2-3H3/t17-,18+,19+,20?,21-/m0/s1. The molecule has 1 unspecified atom stereocenters. The van der Waals surface area contributed by atoms with Gasteiger partial charge in [0.2, 0.25) is 0 Å². The number of fused-ring (bicyclic) bond motifs is 5. The first kappa shape index (κ1) is 14.3. The zero-order valence-electron chi connectivity index (χ0n) is 13.8. The zero-order valence-corrected chi connectivity index (χ0v) is 13.8. The molecule has 0 aromatic rings. The van der Waals surface area contributed by atoms with E-state index in [0.29, 0.717) is 5.78 Å². The van der Waals surface area contributed by atoms with Crippen molar-refractivity contribution in [3.05, 3.63) is 23.3 Å². The quantitative estimate of drug-likeness (QED) is 0.592. The van der Waals surface area contributed by atoms with E-state index < -0.39 is 0 Å². The molecule has 0 spiro atoms. The average molecular weight is 294 g/mol. The van der Waals surface area contributed by atoms with E-state index in [0.717, 1.165) is 37.0 Å². The van der Waals surface area contributed by atoms with E-state index in [1.165, 1.54) is 36.8 Å². The normalized spacial score (nSPS) is 46.8. The van der Waals surface area contributed by atoms with Gasteiger partial charge in [-0.2, -0.15) is 0 Å². The molecule has 4 aliphatic rings. The predicted molar refractivity (Wildman–Crippen MR) is 89.0 cm³/mol. The molecule has 4 aliphatic carbocycles. The van der Waals surface area contributed by atoms with Gasteiger partial charge in [-0.15, -0.1) is 6.42 Å². The topological polar surface area (TPSA) is 17.1 Å². The van der Waals surface area contributed by atoms with Crippen molar-refractivity contribution in [3.8, 4) is 12.3 Å². The number of carbonyl (C=O) groups is 1. The van der Waals surface area contributed by atoms with Gasteiger partial charge in [0, 0.05) is 17.4 Å². The van der Waals surface area contributed by atoms with Crippen LogP contribution in [0.5, 0.6) is 0 Å². The van der Waals surface area contributed by atoms with Crippen LogP contribution in [0.3, 0.4) is 0 Å². The first-order chi connectivity index (χ1) is 10.5. The molecular formula is C21H26O. The highest BCUT2D eigenvalue weighted by Crippen LogP contribution is 2.65. The van der Waals surface area contributed by atoms with Gasteiger partial charge in [-0.05, 0) is 67.8 Å². The van der Waals surface area contributed by atoms with Crippen LogP contribution in [0.25, 0.3) is 0 Å². The zero-order chi connectivity index (χ0) is 15.5. The van der Waals surface area contributed by atoms with E-state index in [2.05, 4.69) is 25.8 Å². The van der Waals surface area contributed by atoms with Crippen molar-refractivity contribution in [1.82, 2.24) is 0 Å². The Kier molecular flexibility index (Phi) is 3.00. The van der Waals surface area contributed by atoms with Gasteiger partial charge < -0.3 is 0 Å². The summed E-state index contributed by atoms with van der Waals surface area (Å²) in [5.74, 6) is 5.60. The fraction of sp³-hybridized carbons (Fsp3) is 0.667. The Morgan fingerprint density at radius 2 is 1.95 bits per heavy atom. The molecule has 5 atom stereocenters. The van der Waals surface area contributed by atoms with Gasteiger partial charge >= 0.3 is 0 Å². The summed E-state index contributed by atoms with van der Waals surface area (Å²) in [5.41, 5.74) is 3.24. The Bertz CT molecular complexity index is 631. The van der Waals surface area contributed by atoms with Crippen LogP contribution in [0, 0.1) is 40.9 Å². The molecule has 1 heteroatoms. The van der Waals surface area contributed by atoms with E-state index in [4.69, 9.17) is 6.42 Å². The van der Waals surface area contributed by atoms with Crippen molar-refractivity contribution in [2.45, 2.75) is 58.8 Å². The molecule has 0 amide bonds. The summed E-state index contributed by atoms with van der Waals surface area (Å²) in [6.07, 6.45) is 18.0. The van der Waals surface area contributed by atoms with E-state index in [-0.39, 0.29) is 10.8 Å². The van der Waals surface area contributed by atoms with E-state index in [1.807, 2.05) is 6.08 Å². The molecule has 4 rings (SSSR count). The van der Waals surface area contributed by atoms with Gasteiger partial charge in [-0.3, -0.25) is 4.79 Å². The molecule has 0 heterocycles. The highest BCUT2D eigenvalue weighted by molar-refractivity contribution is 5.91. The monoisotopic (exact) mass is 294 g/mol. The van der Waals surface area contributed by atoms with Crippen LogP contribution in [-0.4, -0.2) is 5.78 Å². The van der Waals surface area contributed by atoms with Crippen molar-refractivity contribution >= 4 is 5.78 Å². The summed E-state index contributed by atoms with van der Waals surface area (Å²) in [6.45, 7) is 4.85. The minimum Gasteiger partial charge on any atom is -0.295 e. The molecule has 0 aromatic heterocycles. The second kappa shape index (κ2) is 4.60. The van der Waals surface area contributed by atoms with Crippen molar-refractivity contribution in [2.75, 3.05) is 0 Å². The highest BCUT2D eigenvalue weighted by atomic mass is 16.1. The maximum atomic E-state index is 11.8.